The first-order valence-electron chi connectivity index (χ1n) is 5.89. The molecule has 0 spiro atoms. The Morgan fingerprint density at radius 3 is 2.65 bits per heavy atom. The lowest BCUT2D eigenvalue weighted by atomic mass is 10.1. The second-order valence-corrected chi connectivity index (χ2v) is 3.74. The van der Waals surface area contributed by atoms with Crippen molar-refractivity contribution in [1.29, 1.82) is 5.26 Å². The van der Waals surface area contributed by atoms with E-state index in [1.54, 1.807) is 31.2 Å². The van der Waals surface area contributed by atoms with E-state index in [4.69, 9.17) is 14.5 Å². The zero-order valence-corrected chi connectivity index (χ0v) is 10.7. The molecule has 0 bridgehead atoms. The molecule has 1 aromatic heterocycles. The quantitative estimate of drug-likeness (QED) is 0.614. The summed E-state index contributed by atoms with van der Waals surface area (Å²) in [4.78, 5) is 11.4. The Balaban J connectivity index is 2.12. The van der Waals surface area contributed by atoms with Gasteiger partial charge in [0.15, 0.2) is 5.69 Å². The lowest BCUT2D eigenvalue weighted by Crippen LogP contribution is -2.04. The molecule has 0 saturated carbocycles. The van der Waals surface area contributed by atoms with Crippen LogP contribution in [0.15, 0.2) is 34.9 Å². The first-order chi connectivity index (χ1) is 9.72. The summed E-state index contributed by atoms with van der Waals surface area (Å²) >= 11 is 0. The van der Waals surface area contributed by atoms with Gasteiger partial charge in [-0.1, -0.05) is 11.1 Å². The van der Waals surface area contributed by atoms with Gasteiger partial charge in [0.2, 0.25) is 5.76 Å². The third kappa shape index (κ3) is 3.24. The lowest BCUT2D eigenvalue weighted by molar-refractivity contribution is 0.0514. The number of carbonyl (C=O) groups is 1. The monoisotopic (exact) mass is 266 g/mol. The molecule has 5 nitrogen and oxygen atoms in total. The molecule has 0 unspecified atom stereocenters. The van der Waals surface area contributed by atoms with Gasteiger partial charge in [-0.15, -0.1) is 0 Å². The Morgan fingerprint density at radius 1 is 1.30 bits per heavy atom. The molecule has 0 N–H and O–H groups in total. The number of carbonyl (C=O) groups excluding carboxylic acids is 1. The number of hydrogen-bond acceptors (Lipinski definition) is 5. The molecule has 0 atom stereocenters. The number of benzene rings is 1. The van der Waals surface area contributed by atoms with Crippen LogP contribution >= 0.6 is 0 Å². The highest BCUT2D eigenvalue weighted by atomic mass is 16.5. The van der Waals surface area contributed by atoms with Crippen molar-refractivity contribution in [2.75, 3.05) is 6.61 Å². The summed E-state index contributed by atoms with van der Waals surface area (Å²) in [5.41, 5.74) is 1.40. The molecule has 0 aliphatic rings. The van der Waals surface area contributed by atoms with Crippen LogP contribution in [0.5, 0.6) is 0 Å². The maximum absolute atomic E-state index is 11.4. The number of ether oxygens (including phenoxy) is 1. The van der Waals surface area contributed by atoms with Crippen LogP contribution in [0.2, 0.25) is 0 Å². The highest BCUT2D eigenvalue weighted by molar-refractivity contribution is 5.87. The molecule has 20 heavy (non-hydrogen) atoms. The summed E-state index contributed by atoms with van der Waals surface area (Å²) in [5, 5.41) is 12.3. The van der Waals surface area contributed by atoms with Crippen molar-refractivity contribution >= 4 is 5.97 Å². The van der Waals surface area contributed by atoms with Gasteiger partial charge in [0.25, 0.3) is 0 Å². The summed E-state index contributed by atoms with van der Waals surface area (Å²) in [6, 6.07) is 10.3. The van der Waals surface area contributed by atoms with Crippen LogP contribution in [-0.4, -0.2) is 17.7 Å². The fraction of sp³-hybridized carbons (Fsp3) is 0.133. The van der Waals surface area contributed by atoms with E-state index in [-0.39, 0.29) is 18.1 Å². The van der Waals surface area contributed by atoms with Gasteiger partial charge in [-0.3, -0.25) is 0 Å². The standard InChI is InChI=1S/C15H10N2O3/c1-2-19-15(18)14-9-13(20-17-14)8-7-11-3-5-12(10-16)6-4-11/h3-6,9H,2H2,1H3. The molecule has 0 aliphatic heterocycles. The molecule has 0 fully saturated rings. The molecule has 0 amide bonds. The Bertz CT molecular complexity index is 712. The number of hydrogen-bond donors (Lipinski definition) is 0. The van der Waals surface area contributed by atoms with Crippen LogP contribution in [0.4, 0.5) is 0 Å². The van der Waals surface area contributed by atoms with E-state index < -0.39 is 5.97 Å². The minimum absolute atomic E-state index is 0.0935. The average Bonchev–Trinajstić information content (AvgIpc) is 2.95. The minimum Gasteiger partial charge on any atom is -0.461 e. The highest BCUT2D eigenvalue weighted by Crippen LogP contribution is 2.05. The Kier molecular flexibility index (Phi) is 4.16. The van der Waals surface area contributed by atoms with E-state index in [0.29, 0.717) is 5.56 Å². The third-order valence-electron chi connectivity index (χ3n) is 2.34. The molecule has 2 aromatic rings. The van der Waals surface area contributed by atoms with Crippen LogP contribution in [-0.2, 0) is 4.74 Å². The van der Waals surface area contributed by atoms with Crippen molar-refractivity contribution in [2.24, 2.45) is 0 Å². The third-order valence-corrected chi connectivity index (χ3v) is 2.34. The smallest absolute Gasteiger partial charge is 0.360 e. The molecule has 0 saturated heterocycles. The van der Waals surface area contributed by atoms with E-state index >= 15 is 0 Å². The van der Waals surface area contributed by atoms with Crippen LogP contribution in [0.1, 0.15) is 34.3 Å². The number of nitrogens with zero attached hydrogens (tertiary/aromatic N) is 2. The minimum atomic E-state index is -0.539. The summed E-state index contributed by atoms with van der Waals surface area (Å²) in [7, 11) is 0. The molecule has 5 heteroatoms. The molecular formula is C15H10N2O3. The second kappa shape index (κ2) is 6.21. The fourth-order valence-electron chi connectivity index (χ4n) is 1.40. The Morgan fingerprint density at radius 2 is 2.00 bits per heavy atom. The van der Waals surface area contributed by atoms with E-state index in [2.05, 4.69) is 17.0 Å². The second-order valence-electron chi connectivity index (χ2n) is 3.74. The summed E-state index contributed by atoms with van der Waals surface area (Å²) in [5.74, 6) is 5.33. The van der Waals surface area contributed by atoms with E-state index in [0.717, 1.165) is 5.56 Å². The number of aromatic nitrogens is 1. The molecule has 0 radical (unpaired) electrons. The summed E-state index contributed by atoms with van der Waals surface area (Å²) in [6.45, 7) is 1.99. The first-order valence-corrected chi connectivity index (χ1v) is 5.89. The van der Waals surface area contributed by atoms with Gasteiger partial charge in [-0.25, -0.2) is 4.79 Å². The van der Waals surface area contributed by atoms with Gasteiger partial charge in [-0.05, 0) is 37.1 Å². The maximum Gasteiger partial charge on any atom is 0.360 e. The Hall–Kier alpha value is -3.05. The van der Waals surface area contributed by atoms with Crippen LogP contribution in [0, 0.1) is 23.2 Å². The van der Waals surface area contributed by atoms with Gasteiger partial charge in [-0.2, -0.15) is 5.26 Å². The lowest BCUT2D eigenvalue weighted by Gasteiger charge is -1.94. The van der Waals surface area contributed by atoms with Gasteiger partial charge in [0.1, 0.15) is 0 Å². The van der Waals surface area contributed by atoms with Gasteiger partial charge in [0.05, 0.1) is 18.2 Å². The van der Waals surface area contributed by atoms with Crippen LogP contribution in [0.3, 0.4) is 0 Å². The fourth-order valence-corrected chi connectivity index (χ4v) is 1.40. The summed E-state index contributed by atoms with van der Waals surface area (Å²) in [6.07, 6.45) is 0. The maximum atomic E-state index is 11.4. The first kappa shape index (κ1) is 13.4. The van der Waals surface area contributed by atoms with Crippen molar-refractivity contribution in [3.05, 3.63) is 52.9 Å². The normalized spacial score (nSPS) is 9.20. The zero-order valence-electron chi connectivity index (χ0n) is 10.7. The molecule has 98 valence electrons. The van der Waals surface area contributed by atoms with Gasteiger partial charge < -0.3 is 9.26 Å². The van der Waals surface area contributed by atoms with Crippen molar-refractivity contribution < 1.29 is 14.1 Å². The number of esters is 1. The summed E-state index contributed by atoms with van der Waals surface area (Å²) < 4.78 is 9.71. The number of nitriles is 1. The molecule has 1 aromatic carbocycles. The largest absolute Gasteiger partial charge is 0.461 e. The van der Waals surface area contributed by atoms with Crippen molar-refractivity contribution in [3.63, 3.8) is 0 Å². The van der Waals surface area contributed by atoms with Crippen LogP contribution < -0.4 is 0 Å². The predicted octanol–water partition coefficient (Wildman–Crippen LogP) is 2.12. The zero-order chi connectivity index (χ0) is 14.4. The molecule has 2 rings (SSSR count). The van der Waals surface area contributed by atoms with E-state index in [9.17, 15) is 4.79 Å². The molecular weight excluding hydrogens is 256 g/mol. The van der Waals surface area contributed by atoms with Crippen molar-refractivity contribution in [3.8, 4) is 17.9 Å². The van der Waals surface area contributed by atoms with Crippen LogP contribution in [0.25, 0.3) is 0 Å². The van der Waals surface area contributed by atoms with Crippen molar-refractivity contribution in [1.82, 2.24) is 5.16 Å². The topological polar surface area (TPSA) is 76.1 Å². The van der Waals surface area contributed by atoms with Gasteiger partial charge >= 0.3 is 5.97 Å². The van der Waals surface area contributed by atoms with Gasteiger partial charge in [0, 0.05) is 11.6 Å². The average molecular weight is 266 g/mol. The molecule has 1 heterocycles. The SMILES string of the molecule is CCOC(=O)c1cc(C#Cc2ccc(C#N)cc2)on1. The highest BCUT2D eigenvalue weighted by Gasteiger charge is 2.11. The van der Waals surface area contributed by atoms with Crippen molar-refractivity contribution in [2.45, 2.75) is 6.92 Å². The van der Waals surface area contributed by atoms with E-state index in [1.165, 1.54) is 6.07 Å². The molecule has 0 aliphatic carbocycles. The number of rotatable bonds is 2. The predicted molar refractivity (Wildman–Crippen MR) is 69.6 cm³/mol. The Labute approximate surface area is 115 Å². The van der Waals surface area contributed by atoms with E-state index in [1.807, 2.05) is 6.07 Å².